The number of phenols is 1. The van der Waals surface area contributed by atoms with E-state index in [-0.39, 0.29) is 11.7 Å². The van der Waals surface area contributed by atoms with E-state index in [2.05, 4.69) is 0 Å². The van der Waals surface area contributed by atoms with Crippen LogP contribution in [0.25, 0.3) is 0 Å². The molecule has 0 fully saturated rings. The Morgan fingerprint density at radius 1 is 1.15 bits per heavy atom. The van der Waals surface area contributed by atoms with Crippen molar-refractivity contribution in [3.8, 4) is 5.75 Å². The predicted molar refractivity (Wildman–Crippen MR) is 79.6 cm³/mol. The third kappa shape index (κ3) is 2.25. The lowest BCUT2D eigenvalue weighted by molar-refractivity contribution is 0.0984. The highest BCUT2D eigenvalue weighted by molar-refractivity contribution is 6.30. The summed E-state index contributed by atoms with van der Waals surface area (Å²) >= 11 is 5.84. The Morgan fingerprint density at radius 2 is 1.90 bits per heavy atom. The van der Waals surface area contributed by atoms with Crippen molar-refractivity contribution in [3.63, 3.8) is 0 Å². The number of aryl methyl sites for hydroxylation is 1. The second kappa shape index (κ2) is 5.17. The number of fused-ring (bicyclic) bond motifs is 1. The smallest absolute Gasteiger partial charge is 0.258 e. The molecule has 0 bridgehead atoms. The number of aromatic hydroxyl groups is 1. The maximum atomic E-state index is 12.6. The Morgan fingerprint density at radius 3 is 2.65 bits per heavy atom. The highest BCUT2D eigenvalue weighted by atomic mass is 35.5. The molecule has 0 spiro atoms. The number of carbonyl (C=O) groups is 1. The molecule has 4 heteroatoms. The van der Waals surface area contributed by atoms with E-state index < -0.39 is 0 Å². The lowest BCUT2D eigenvalue weighted by Crippen LogP contribution is -2.35. The molecule has 0 aromatic heterocycles. The van der Waals surface area contributed by atoms with Crippen molar-refractivity contribution in [3.05, 3.63) is 58.6 Å². The monoisotopic (exact) mass is 287 g/mol. The number of carbonyl (C=O) groups excluding carboxylic acids is 1. The first-order valence-electron chi connectivity index (χ1n) is 6.55. The number of para-hydroxylation sites is 1. The molecule has 1 amide bonds. The molecule has 1 heterocycles. The van der Waals surface area contributed by atoms with Crippen molar-refractivity contribution in [2.45, 2.75) is 12.8 Å². The minimum atomic E-state index is -0.107. The highest BCUT2D eigenvalue weighted by Gasteiger charge is 2.25. The van der Waals surface area contributed by atoms with Crippen molar-refractivity contribution in [2.24, 2.45) is 0 Å². The van der Waals surface area contributed by atoms with Gasteiger partial charge in [0.05, 0.1) is 5.69 Å². The summed E-state index contributed by atoms with van der Waals surface area (Å²) in [6.45, 7) is 0.617. The van der Waals surface area contributed by atoms with Crippen LogP contribution < -0.4 is 4.90 Å². The van der Waals surface area contributed by atoms with Gasteiger partial charge in [-0.15, -0.1) is 0 Å². The minimum Gasteiger partial charge on any atom is -0.506 e. The Bertz CT molecular complexity index is 652. The van der Waals surface area contributed by atoms with Gasteiger partial charge in [-0.25, -0.2) is 0 Å². The van der Waals surface area contributed by atoms with Gasteiger partial charge in [-0.1, -0.05) is 23.7 Å². The summed E-state index contributed by atoms with van der Waals surface area (Å²) in [5.74, 6) is 0.0497. The number of halogens is 1. The summed E-state index contributed by atoms with van der Waals surface area (Å²) in [6, 6.07) is 12.2. The summed E-state index contributed by atoms with van der Waals surface area (Å²) in [4.78, 5) is 14.2. The molecule has 0 saturated heterocycles. The van der Waals surface area contributed by atoms with Crippen LogP contribution >= 0.6 is 11.6 Å². The average molecular weight is 288 g/mol. The van der Waals surface area contributed by atoms with Gasteiger partial charge in [0, 0.05) is 17.1 Å². The van der Waals surface area contributed by atoms with E-state index in [1.807, 2.05) is 12.1 Å². The van der Waals surface area contributed by atoms with E-state index >= 15 is 0 Å². The van der Waals surface area contributed by atoms with Gasteiger partial charge in [-0.05, 0) is 48.7 Å². The number of anilines is 1. The van der Waals surface area contributed by atoms with Gasteiger partial charge >= 0.3 is 0 Å². The summed E-state index contributed by atoms with van der Waals surface area (Å²) in [6.07, 6.45) is 1.78. The van der Waals surface area contributed by atoms with Crippen molar-refractivity contribution in [2.75, 3.05) is 11.4 Å². The van der Waals surface area contributed by atoms with E-state index in [1.165, 1.54) is 0 Å². The molecular formula is C16H14ClNO2. The largest absolute Gasteiger partial charge is 0.506 e. The zero-order valence-electron chi connectivity index (χ0n) is 10.8. The second-order valence-electron chi connectivity index (χ2n) is 4.85. The van der Waals surface area contributed by atoms with Crippen LogP contribution in [0.3, 0.4) is 0 Å². The fourth-order valence-corrected chi connectivity index (χ4v) is 2.71. The fraction of sp³-hybridized carbons (Fsp3) is 0.188. The first-order valence-corrected chi connectivity index (χ1v) is 6.93. The van der Waals surface area contributed by atoms with Gasteiger partial charge in [0.2, 0.25) is 0 Å². The Hall–Kier alpha value is -2.00. The van der Waals surface area contributed by atoms with Crippen molar-refractivity contribution >= 4 is 23.2 Å². The molecule has 0 saturated carbocycles. The molecule has 0 aliphatic carbocycles. The number of amides is 1. The molecule has 1 aliphatic rings. The van der Waals surface area contributed by atoms with Gasteiger partial charge < -0.3 is 10.0 Å². The molecule has 3 nitrogen and oxygen atoms in total. The molecular weight excluding hydrogens is 274 g/mol. The van der Waals surface area contributed by atoms with E-state index in [9.17, 15) is 9.90 Å². The zero-order chi connectivity index (χ0) is 14.1. The summed E-state index contributed by atoms with van der Waals surface area (Å²) in [5.41, 5.74) is 2.22. The topological polar surface area (TPSA) is 40.5 Å². The summed E-state index contributed by atoms with van der Waals surface area (Å²) in [5, 5.41) is 10.7. The van der Waals surface area contributed by atoms with Gasteiger partial charge in [-0.2, -0.15) is 0 Å². The Labute approximate surface area is 122 Å². The van der Waals surface area contributed by atoms with E-state index in [0.29, 0.717) is 22.8 Å². The van der Waals surface area contributed by atoms with Crippen LogP contribution in [0, 0.1) is 0 Å². The molecule has 1 aliphatic heterocycles. The first kappa shape index (κ1) is 13.0. The maximum Gasteiger partial charge on any atom is 0.258 e. The standard InChI is InChI=1S/C16H14ClNO2/c17-13-8-6-12(7-9-13)16(20)18-10-2-4-11-3-1-5-14(19)15(11)18/h1,3,5-9,19H,2,4,10H2. The predicted octanol–water partition coefficient (Wildman–Crippen LogP) is 3.64. The van der Waals surface area contributed by atoms with Crippen molar-refractivity contribution in [1.29, 1.82) is 0 Å². The number of phenolic OH excluding ortho intramolecular Hbond substituents is 1. The van der Waals surface area contributed by atoms with E-state index in [1.54, 1.807) is 35.2 Å². The maximum absolute atomic E-state index is 12.6. The number of rotatable bonds is 1. The number of hydrogen-bond donors (Lipinski definition) is 1. The average Bonchev–Trinajstić information content (AvgIpc) is 2.47. The first-order chi connectivity index (χ1) is 9.66. The molecule has 0 unspecified atom stereocenters. The molecule has 3 rings (SSSR count). The molecule has 2 aromatic rings. The van der Waals surface area contributed by atoms with Crippen LogP contribution in [0.2, 0.25) is 5.02 Å². The Balaban J connectivity index is 2.00. The second-order valence-corrected chi connectivity index (χ2v) is 5.29. The highest BCUT2D eigenvalue weighted by Crippen LogP contribution is 2.36. The lowest BCUT2D eigenvalue weighted by Gasteiger charge is -2.30. The van der Waals surface area contributed by atoms with Crippen LogP contribution in [0.4, 0.5) is 5.69 Å². The molecule has 0 atom stereocenters. The Kier molecular flexibility index (Phi) is 3.36. The van der Waals surface area contributed by atoms with Crippen molar-refractivity contribution < 1.29 is 9.90 Å². The number of nitrogens with zero attached hydrogens (tertiary/aromatic N) is 1. The van der Waals surface area contributed by atoms with Crippen LogP contribution in [0.1, 0.15) is 22.3 Å². The number of hydrogen-bond acceptors (Lipinski definition) is 2. The quantitative estimate of drug-likeness (QED) is 0.870. The molecule has 2 aromatic carbocycles. The van der Waals surface area contributed by atoms with Crippen LogP contribution in [-0.4, -0.2) is 17.6 Å². The number of benzene rings is 2. The lowest BCUT2D eigenvalue weighted by atomic mass is 10.00. The summed E-state index contributed by atoms with van der Waals surface area (Å²) in [7, 11) is 0. The minimum absolute atomic E-state index is 0.107. The molecule has 1 N–H and O–H groups in total. The summed E-state index contributed by atoms with van der Waals surface area (Å²) < 4.78 is 0. The van der Waals surface area contributed by atoms with Crippen LogP contribution in [-0.2, 0) is 6.42 Å². The van der Waals surface area contributed by atoms with Gasteiger partial charge in [-0.3, -0.25) is 4.79 Å². The fourth-order valence-electron chi connectivity index (χ4n) is 2.58. The van der Waals surface area contributed by atoms with Gasteiger partial charge in [0.25, 0.3) is 5.91 Å². The van der Waals surface area contributed by atoms with E-state index in [0.717, 1.165) is 18.4 Å². The normalized spacial score (nSPS) is 13.9. The van der Waals surface area contributed by atoms with E-state index in [4.69, 9.17) is 11.6 Å². The van der Waals surface area contributed by atoms with Crippen molar-refractivity contribution in [1.82, 2.24) is 0 Å². The zero-order valence-corrected chi connectivity index (χ0v) is 11.6. The molecule has 102 valence electrons. The third-order valence-electron chi connectivity index (χ3n) is 3.53. The van der Waals surface area contributed by atoms with Crippen LogP contribution in [0.15, 0.2) is 42.5 Å². The van der Waals surface area contributed by atoms with Gasteiger partial charge in [0.15, 0.2) is 0 Å². The molecule has 20 heavy (non-hydrogen) atoms. The third-order valence-corrected chi connectivity index (χ3v) is 3.78. The van der Waals surface area contributed by atoms with Crippen LogP contribution in [0.5, 0.6) is 5.75 Å². The van der Waals surface area contributed by atoms with Gasteiger partial charge in [0.1, 0.15) is 5.75 Å². The SMILES string of the molecule is O=C(c1ccc(Cl)cc1)N1CCCc2cccc(O)c21. The molecule has 0 radical (unpaired) electrons.